The zero-order valence-corrected chi connectivity index (χ0v) is 22.4. The van der Waals surface area contributed by atoms with E-state index in [2.05, 4.69) is 32.8 Å². The fourth-order valence-electron chi connectivity index (χ4n) is 4.31. The Hall–Kier alpha value is -2.72. The molecular weight excluding hydrogens is 519 g/mol. The fraction of sp³-hybridized carbons (Fsp3) is 0.320. The van der Waals surface area contributed by atoms with Crippen LogP contribution >= 0.6 is 35.8 Å². The van der Waals surface area contributed by atoms with Crippen LogP contribution < -0.4 is 25.4 Å². The number of halogens is 2. The Kier molecular flexibility index (Phi) is 8.14. The zero-order valence-electron chi connectivity index (χ0n) is 20.0. The van der Waals surface area contributed by atoms with Gasteiger partial charge in [-0.25, -0.2) is 4.98 Å². The number of hydrogen-bond donors (Lipinski definition) is 4. The average Bonchev–Trinajstić information content (AvgIpc) is 2.84. The van der Waals surface area contributed by atoms with Gasteiger partial charge in [0.15, 0.2) is 11.6 Å². The van der Waals surface area contributed by atoms with E-state index >= 15 is 0 Å². The van der Waals surface area contributed by atoms with Crippen LogP contribution in [0.25, 0.3) is 0 Å². The van der Waals surface area contributed by atoms with E-state index in [0.717, 1.165) is 32.0 Å². The lowest BCUT2D eigenvalue weighted by Gasteiger charge is -2.56. The van der Waals surface area contributed by atoms with E-state index in [9.17, 15) is 0 Å². The predicted octanol–water partition coefficient (Wildman–Crippen LogP) is 4.32. The summed E-state index contributed by atoms with van der Waals surface area (Å²) in [7, 11) is 1.62. The van der Waals surface area contributed by atoms with Gasteiger partial charge in [-0.05, 0) is 30.5 Å². The Morgan fingerprint density at radius 3 is 2.47 bits per heavy atom. The fourth-order valence-corrected chi connectivity index (χ4v) is 4.78. The van der Waals surface area contributed by atoms with Crippen molar-refractivity contribution in [2.24, 2.45) is 5.41 Å². The summed E-state index contributed by atoms with van der Waals surface area (Å²) >= 11 is 15.9. The molecule has 4 heterocycles. The van der Waals surface area contributed by atoms with Gasteiger partial charge in [0.25, 0.3) is 0 Å². The minimum absolute atomic E-state index is 0.161. The van der Waals surface area contributed by atoms with Gasteiger partial charge in [-0.2, -0.15) is 12.6 Å². The number of benzene rings is 1. The second-order valence-electron chi connectivity index (χ2n) is 8.70. The van der Waals surface area contributed by atoms with Crippen molar-refractivity contribution in [3.05, 3.63) is 69.6 Å². The number of nitrogens with two attached hydrogens (primary N) is 1. The first-order valence-corrected chi connectivity index (χ1v) is 12.9. The molecule has 2 fully saturated rings. The molecule has 2 aromatic heterocycles. The molecule has 2 aliphatic rings. The Morgan fingerprint density at radius 2 is 1.86 bits per heavy atom. The van der Waals surface area contributed by atoms with Gasteiger partial charge in [0.05, 0.1) is 22.9 Å². The molecule has 0 atom stereocenters. The maximum Gasteiger partial charge on any atom is 0.171 e. The van der Waals surface area contributed by atoms with Crippen molar-refractivity contribution >= 4 is 53.0 Å². The van der Waals surface area contributed by atoms with Gasteiger partial charge in [0.1, 0.15) is 12.4 Å². The SMILES string of the molecule is COc1cc(C(=N)c2cc(OCc3c(Cl)cncc3Cl)ccc2N)cnc1N1CC2(CNC2)C1.CS. The maximum absolute atomic E-state index is 8.78. The maximum atomic E-state index is 8.78. The summed E-state index contributed by atoms with van der Waals surface area (Å²) in [6, 6.07) is 7.01. The quantitative estimate of drug-likeness (QED) is 0.198. The highest BCUT2D eigenvalue weighted by atomic mass is 35.5. The van der Waals surface area contributed by atoms with Crippen LogP contribution in [0.1, 0.15) is 16.7 Å². The third kappa shape index (κ3) is 5.20. The van der Waals surface area contributed by atoms with Crippen LogP contribution in [0.15, 0.2) is 42.9 Å². The molecule has 0 saturated carbocycles. The molecular formula is C25H28Cl2N6O2S. The number of nitrogen functional groups attached to an aromatic ring is 1. The molecule has 190 valence electrons. The van der Waals surface area contributed by atoms with Crippen molar-refractivity contribution in [2.75, 3.05) is 50.2 Å². The van der Waals surface area contributed by atoms with Gasteiger partial charge in [0.2, 0.25) is 0 Å². The van der Waals surface area contributed by atoms with Crippen molar-refractivity contribution in [1.29, 1.82) is 5.41 Å². The molecule has 5 rings (SSSR count). The lowest BCUT2D eigenvalue weighted by atomic mass is 9.74. The summed E-state index contributed by atoms with van der Waals surface area (Å²) in [5.41, 5.74) is 9.03. The van der Waals surface area contributed by atoms with E-state index < -0.39 is 0 Å². The van der Waals surface area contributed by atoms with E-state index in [1.807, 2.05) is 6.07 Å². The van der Waals surface area contributed by atoms with Crippen molar-refractivity contribution in [3.8, 4) is 11.5 Å². The molecule has 3 aromatic rings. The molecule has 0 radical (unpaired) electrons. The molecule has 2 saturated heterocycles. The van der Waals surface area contributed by atoms with Gasteiger partial charge in [0, 0.05) is 72.6 Å². The van der Waals surface area contributed by atoms with Crippen LogP contribution in [-0.4, -0.2) is 55.2 Å². The van der Waals surface area contributed by atoms with Crippen molar-refractivity contribution in [2.45, 2.75) is 6.61 Å². The zero-order chi connectivity index (χ0) is 25.9. The number of methoxy groups -OCH3 is 1. The second-order valence-corrected chi connectivity index (χ2v) is 9.52. The van der Waals surface area contributed by atoms with E-state index in [-0.39, 0.29) is 12.3 Å². The number of hydrogen-bond acceptors (Lipinski definition) is 9. The number of rotatable bonds is 7. The molecule has 0 bridgehead atoms. The minimum atomic E-state index is 0.161. The molecule has 11 heteroatoms. The standard InChI is InChI=1S/C24H24Cl2N6O2.CH4S/c1-33-21-4-14(6-31-23(21)32-12-24(13-32)10-30-11-24)22(28)16-5-15(2-3-20(16)27)34-9-17-18(25)7-29-8-19(17)26;1-2/h2-8,28,30H,9-13,27H2,1H3;2H,1H3. The normalized spacial score (nSPS) is 15.3. The van der Waals surface area contributed by atoms with Crippen LogP contribution in [0.2, 0.25) is 10.0 Å². The highest BCUT2D eigenvalue weighted by Gasteiger charge is 2.48. The van der Waals surface area contributed by atoms with E-state index in [1.165, 1.54) is 12.4 Å². The Labute approximate surface area is 226 Å². The number of nitrogens with one attached hydrogen (secondary N) is 2. The largest absolute Gasteiger partial charge is 0.493 e. The molecule has 0 unspecified atom stereocenters. The van der Waals surface area contributed by atoms with Crippen molar-refractivity contribution < 1.29 is 9.47 Å². The van der Waals surface area contributed by atoms with E-state index in [4.69, 9.17) is 43.8 Å². The first-order chi connectivity index (χ1) is 17.4. The summed E-state index contributed by atoms with van der Waals surface area (Å²) in [6.45, 7) is 4.17. The number of ether oxygens (including phenoxy) is 2. The van der Waals surface area contributed by atoms with Gasteiger partial charge in [-0.1, -0.05) is 23.2 Å². The van der Waals surface area contributed by atoms with Crippen LogP contribution in [0.4, 0.5) is 11.5 Å². The molecule has 1 spiro atoms. The first kappa shape index (κ1) is 26.3. The van der Waals surface area contributed by atoms with Gasteiger partial charge < -0.3 is 25.4 Å². The van der Waals surface area contributed by atoms with Gasteiger partial charge in [-0.3, -0.25) is 10.4 Å². The van der Waals surface area contributed by atoms with Gasteiger partial charge >= 0.3 is 0 Å². The van der Waals surface area contributed by atoms with Gasteiger partial charge in [-0.15, -0.1) is 0 Å². The van der Waals surface area contributed by atoms with Crippen LogP contribution in [0.5, 0.6) is 11.5 Å². The molecule has 36 heavy (non-hydrogen) atoms. The number of pyridine rings is 2. The minimum Gasteiger partial charge on any atom is -0.493 e. The predicted molar refractivity (Wildman–Crippen MR) is 149 cm³/mol. The number of aromatic nitrogens is 2. The summed E-state index contributed by atoms with van der Waals surface area (Å²) in [5.74, 6) is 1.97. The van der Waals surface area contributed by atoms with E-state index in [1.54, 1.807) is 37.8 Å². The molecule has 0 amide bonds. The Morgan fingerprint density at radius 1 is 1.17 bits per heavy atom. The average molecular weight is 548 g/mol. The number of anilines is 2. The smallest absolute Gasteiger partial charge is 0.171 e. The summed E-state index contributed by atoms with van der Waals surface area (Å²) in [6.07, 6.45) is 6.42. The molecule has 0 aliphatic carbocycles. The van der Waals surface area contributed by atoms with E-state index in [0.29, 0.717) is 49.3 Å². The highest BCUT2D eigenvalue weighted by molar-refractivity contribution is 7.79. The monoisotopic (exact) mass is 546 g/mol. The molecule has 1 aromatic carbocycles. The molecule has 8 nitrogen and oxygen atoms in total. The second kappa shape index (κ2) is 11.1. The number of nitrogens with zero attached hydrogens (tertiary/aromatic N) is 3. The van der Waals surface area contributed by atoms with Crippen LogP contribution in [0, 0.1) is 10.8 Å². The first-order valence-electron chi connectivity index (χ1n) is 11.2. The number of thiol groups is 1. The molecule has 4 N–H and O–H groups in total. The Balaban J connectivity index is 0.00000148. The van der Waals surface area contributed by atoms with Crippen molar-refractivity contribution in [1.82, 2.24) is 15.3 Å². The van der Waals surface area contributed by atoms with Crippen LogP contribution in [-0.2, 0) is 6.61 Å². The third-order valence-electron chi connectivity index (χ3n) is 6.32. The lowest BCUT2D eigenvalue weighted by molar-refractivity contribution is 0.120. The van der Waals surface area contributed by atoms with Crippen molar-refractivity contribution in [3.63, 3.8) is 0 Å². The summed E-state index contributed by atoms with van der Waals surface area (Å²) in [4.78, 5) is 10.8. The van der Waals surface area contributed by atoms with Crippen LogP contribution in [0.3, 0.4) is 0 Å². The Bertz CT molecular complexity index is 1240. The highest BCUT2D eigenvalue weighted by Crippen LogP contribution is 2.40. The molecule has 2 aliphatic heterocycles. The lowest BCUT2D eigenvalue weighted by Crippen LogP contribution is -2.71. The summed E-state index contributed by atoms with van der Waals surface area (Å²) < 4.78 is 11.5. The summed E-state index contributed by atoms with van der Waals surface area (Å²) in [5, 5.41) is 13.0. The topological polar surface area (TPSA) is 109 Å². The third-order valence-corrected chi connectivity index (χ3v) is 6.97.